The molecule has 1 aliphatic rings. The van der Waals surface area contributed by atoms with E-state index in [1.165, 1.54) is 17.0 Å². The van der Waals surface area contributed by atoms with E-state index in [2.05, 4.69) is 0 Å². The fourth-order valence-corrected chi connectivity index (χ4v) is 3.45. The maximum atomic E-state index is 12.9. The fraction of sp³-hybridized carbons (Fsp3) is 0.462. The van der Waals surface area contributed by atoms with Gasteiger partial charge in [0.1, 0.15) is 11.5 Å². The first-order valence-electron chi connectivity index (χ1n) is 6.42. The third-order valence-corrected chi connectivity index (χ3v) is 4.96. The van der Waals surface area contributed by atoms with Crippen LogP contribution in [-0.2, 0) is 9.36 Å². The zero-order chi connectivity index (χ0) is 14.9. The molecule has 20 heavy (non-hydrogen) atoms. The van der Waals surface area contributed by atoms with E-state index in [0.29, 0.717) is 13.0 Å². The monoisotopic (exact) mass is 301 g/mol. The lowest BCUT2D eigenvalue weighted by Gasteiger charge is -2.36. The average Bonchev–Trinajstić information content (AvgIpc) is 2.37. The maximum Gasteiger partial charge on any atom is 0.337 e. The summed E-state index contributed by atoms with van der Waals surface area (Å²) in [7, 11) is -4.42. The summed E-state index contributed by atoms with van der Waals surface area (Å²) in [5, 5.41) is 0. The van der Waals surface area contributed by atoms with Crippen molar-refractivity contribution in [3.63, 3.8) is 0 Å². The molecule has 0 aromatic heterocycles. The number of rotatable bonds is 3. The lowest BCUT2D eigenvalue weighted by atomic mass is 10.0. The highest BCUT2D eigenvalue weighted by molar-refractivity contribution is 7.53. The van der Waals surface area contributed by atoms with Gasteiger partial charge in [0.2, 0.25) is 5.91 Å². The van der Waals surface area contributed by atoms with Gasteiger partial charge in [-0.2, -0.15) is 0 Å². The van der Waals surface area contributed by atoms with E-state index >= 15 is 0 Å². The van der Waals surface area contributed by atoms with E-state index in [1.54, 1.807) is 19.1 Å². The minimum absolute atomic E-state index is 0.204. The van der Waals surface area contributed by atoms with Crippen LogP contribution in [0.25, 0.3) is 0 Å². The Labute approximate surface area is 116 Å². The summed E-state index contributed by atoms with van der Waals surface area (Å²) in [6, 6.07) is 5.43. The van der Waals surface area contributed by atoms with E-state index in [1.807, 2.05) is 0 Å². The quantitative estimate of drug-likeness (QED) is 0.838. The van der Waals surface area contributed by atoms with Crippen LogP contribution in [0.3, 0.4) is 0 Å². The van der Waals surface area contributed by atoms with Crippen molar-refractivity contribution in [2.24, 2.45) is 0 Å². The second-order valence-electron chi connectivity index (χ2n) is 5.01. The summed E-state index contributed by atoms with van der Waals surface area (Å²) in [6.45, 7) is 2.22. The highest BCUT2D eigenvalue weighted by Crippen LogP contribution is 2.46. The molecule has 0 bridgehead atoms. The number of likely N-dealkylation sites (tertiary alicyclic amines) is 1. The Kier molecular flexibility index (Phi) is 4.28. The van der Waals surface area contributed by atoms with Gasteiger partial charge in [-0.25, -0.2) is 4.39 Å². The van der Waals surface area contributed by atoms with Gasteiger partial charge >= 0.3 is 7.60 Å². The molecule has 1 aliphatic heterocycles. The van der Waals surface area contributed by atoms with Crippen molar-refractivity contribution in [3.05, 3.63) is 35.6 Å². The molecule has 2 rings (SSSR count). The molecule has 1 aromatic rings. The molecule has 0 spiro atoms. The highest BCUT2D eigenvalue weighted by atomic mass is 31.2. The normalized spacial score (nSPS) is 21.9. The molecule has 1 fully saturated rings. The number of halogens is 1. The molecule has 1 amide bonds. The molecule has 5 nitrogen and oxygen atoms in total. The summed E-state index contributed by atoms with van der Waals surface area (Å²) in [4.78, 5) is 32.1. The van der Waals surface area contributed by atoms with Crippen LogP contribution in [0, 0.1) is 5.82 Å². The summed E-state index contributed by atoms with van der Waals surface area (Å²) < 4.78 is 24.2. The van der Waals surface area contributed by atoms with Gasteiger partial charge < -0.3 is 14.7 Å². The minimum atomic E-state index is -4.42. The van der Waals surface area contributed by atoms with Gasteiger partial charge in [-0.1, -0.05) is 12.1 Å². The largest absolute Gasteiger partial charge is 0.337 e. The zero-order valence-electron chi connectivity index (χ0n) is 11.1. The van der Waals surface area contributed by atoms with Crippen LogP contribution in [0.5, 0.6) is 0 Å². The number of piperidine rings is 1. The lowest BCUT2D eigenvalue weighted by Crippen LogP contribution is -2.45. The number of nitrogens with zero attached hydrogens (tertiary/aromatic N) is 1. The summed E-state index contributed by atoms with van der Waals surface area (Å²) in [6.07, 6.45) is 0.753. The van der Waals surface area contributed by atoms with Gasteiger partial charge in [-0.3, -0.25) is 9.36 Å². The first-order valence-corrected chi connectivity index (χ1v) is 8.10. The number of amides is 1. The van der Waals surface area contributed by atoms with Crippen LogP contribution in [0.2, 0.25) is 0 Å². The average molecular weight is 301 g/mol. The lowest BCUT2D eigenvalue weighted by molar-refractivity contribution is -0.135. The Bertz CT molecular complexity index is 542. The van der Waals surface area contributed by atoms with Crippen molar-refractivity contribution in [2.75, 3.05) is 6.54 Å². The van der Waals surface area contributed by atoms with Crippen LogP contribution < -0.4 is 0 Å². The van der Waals surface area contributed by atoms with Crippen molar-refractivity contribution in [2.45, 2.75) is 31.5 Å². The smallest absolute Gasteiger partial charge is 0.335 e. The molecule has 2 unspecified atom stereocenters. The first kappa shape index (κ1) is 15.2. The second-order valence-corrected chi connectivity index (χ2v) is 6.81. The topological polar surface area (TPSA) is 77.8 Å². The number of benzene rings is 1. The molecular weight excluding hydrogens is 284 g/mol. The third kappa shape index (κ3) is 3.08. The third-order valence-electron chi connectivity index (χ3n) is 3.67. The number of hydrogen-bond acceptors (Lipinski definition) is 2. The van der Waals surface area contributed by atoms with Crippen LogP contribution in [0.1, 0.15) is 31.4 Å². The van der Waals surface area contributed by atoms with Crippen LogP contribution in [0.15, 0.2) is 24.3 Å². The molecule has 110 valence electrons. The maximum absolute atomic E-state index is 12.9. The van der Waals surface area contributed by atoms with Gasteiger partial charge in [-0.05, 0) is 37.5 Å². The highest BCUT2D eigenvalue weighted by Gasteiger charge is 2.42. The molecule has 0 saturated carbocycles. The van der Waals surface area contributed by atoms with Crippen LogP contribution >= 0.6 is 7.60 Å². The van der Waals surface area contributed by atoms with Gasteiger partial charge in [0.25, 0.3) is 0 Å². The van der Waals surface area contributed by atoms with Crippen molar-refractivity contribution in [3.8, 4) is 0 Å². The van der Waals surface area contributed by atoms with Gasteiger partial charge in [0.05, 0.1) is 6.04 Å². The molecule has 2 N–H and O–H groups in total. The number of carbonyl (C=O) groups excluding carboxylic acids is 1. The zero-order valence-corrected chi connectivity index (χ0v) is 12.0. The Balaban J connectivity index is 2.21. The Morgan fingerprint density at radius 3 is 2.50 bits per heavy atom. The SMILES string of the molecule is CC(c1ccc(F)cc1)N1CCCC(P(=O)(O)O)C1=O. The standard InChI is InChI=1S/C13H17FNO4P/c1-9(10-4-6-11(14)7-5-10)15-8-2-3-12(13(15)16)20(17,18)19/h4-7,9,12H,2-3,8H2,1H3,(H2,17,18,19). The van der Waals surface area contributed by atoms with Crippen LogP contribution in [-0.4, -0.2) is 32.8 Å². The van der Waals surface area contributed by atoms with Crippen molar-refractivity contribution in [1.82, 2.24) is 4.90 Å². The molecule has 0 radical (unpaired) electrons. The van der Waals surface area contributed by atoms with E-state index in [4.69, 9.17) is 0 Å². The second kappa shape index (κ2) is 5.64. The van der Waals surface area contributed by atoms with E-state index in [9.17, 15) is 23.5 Å². The van der Waals surface area contributed by atoms with E-state index in [0.717, 1.165) is 5.56 Å². The van der Waals surface area contributed by atoms with Crippen molar-refractivity contribution >= 4 is 13.5 Å². The summed E-state index contributed by atoms with van der Waals surface area (Å²) >= 11 is 0. The predicted molar refractivity (Wildman–Crippen MR) is 71.6 cm³/mol. The summed E-state index contributed by atoms with van der Waals surface area (Å²) in [5.41, 5.74) is -0.509. The molecule has 0 aliphatic carbocycles. The van der Waals surface area contributed by atoms with E-state index in [-0.39, 0.29) is 18.3 Å². The molecular formula is C13H17FNO4P. The number of carbonyl (C=O) groups is 1. The number of hydrogen-bond donors (Lipinski definition) is 2. The molecule has 7 heteroatoms. The molecule has 1 aromatic carbocycles. The molecule has 2 atom stereocenters. The van der Waals surface area contributed by atoms with Crippen molar-refractivity contribution < 1.29 is 23.5 Å². The van der Waals surface area contributed by atoms with Crippen molar-refractivity contribution in [1.29, 1.82) is 0 Å². The molecule has 1 saturated heterocycles. The fourth-order valence-electron chi connectivity index (χ4n) is 2.50. The predicted octanol–water partition coefficient (Wildman–Crippen LogP) is 2.06. The Morgan fingerprint density at radius 2 is 1.95 bits per heavy atom. The first-order chi connectivity index (χ1) is 9.30. The Morgan fingerprint density at radius 1 is 1.35 bits per heavy atom. The molecule has 1 heterocycles. The Hall–Kier alpha value is -1.23. The van der Waals surface area contributed by atoms with Gasteiger partial charge in [-0.15, -0.1) is 0 Å². The van der Waals surface area contributed by atoms with Gasteiger partial charge in [0.15, 0.2) is 0 Å². The summed E-state index contributed by atoms with van der Waals surface area (Å²) in [5.74, 6) is -0.888. The van der Waals surface area contributed by atoms with Gasteiger partial charge in [0, 0.05) is 6.54 Å². The minimum Gasteiger partial charge on any atom is -0.335 e. The van der Waals surface area contributed by atoms with E-state index < -0.39 is 19.2 Å². The van der Waals surface area contributed by atoms with Crippen LogP contribution in [0.4, 0.5) is 4.39 Å².